The summed E-state index contributed by atoms with van der Waals surface area (Å²) in [6.45, 7) is 4.61. The van der Waals surface area contributed by atoms with Crippen molar-refractivity contribution in [3.63, 3.8) is 0 Å². The maximum absolute atomic E-state index is 13.3. The summed E-state index contributed by atoms with van der Waals surface area (Å²) in [5, 5.41) is 10.5. The lowest BCUT2D eigenvalue weighted by Gasteiger charge is -2.40. The van der Waals surface area contributed by atoms with Crippen LogP contribution in [-0.2, 0) is 4.79 Å². The first-order valence-electron chi connectivity index (χ1n) is 12.1. The van der Waals surface area contributed by atoms with Crippen LogP contribution in [-0.4, -0.2) is 58.2 Å². The molecule has 2 saturated heterocycles. The van der Waals surface area contributed by atoms with E-state index in [1.165, 1.54) is 10.4 Å². The molecule has 0 saturated carbocycles. The fourth-order valence-corrected chi connectivity index (χ4v) is 6.39. The van der Waals surface area contributed by atoms with Crippen LogP contribution in [0.5, 0.6) is 0 Å². The van der Waals surface area contributed by atoms with Crippen LogP contribution < -0.4 is 4.90 Å². The summed E-state index contributed by atoms with van der Waals surface area (Å²) in [4.78, 5) is 29.5. The Balaban J connectivity index is 1.33. The zero-order valence-corrected chi connectivity index (χ0v) is 20.1. The smallest absolute Gasteiger partial charge is 0.226 e. The number of thiophene rings is 1. The molecule has 1 aromatic carbocycles. The number of likely N-dealkylation sites (tertiary alicyclic amines) is 1. The predicted octanol–water partition coefficient (Wildman–Crippen LogP) is 4.65. The van der Waals surface area contributed by atoms with E-state index in [0.717, 1.165) is 73.6 Å². The standard InChI is InChI=1S/C26H32N4O2S/c1-18-27-24(22-17-23(33-25(22)28-18)19-7-3-2-4-8-19)29-14-10-20(11-15-29)26(32)30-13-6-5-9-21(30)12-16-31/h2-4,7-8,17,20-21,31H,5-6,9-16H2,1H3. The zero-order valence-electron chi connectivity index (χ0n) is 19.2. The van der Waals surface area contributed by atoms with E-state index in [-0.39, 0.29) is 18.6 Å². The van der Waals surface area contributed by atoms with E-state index in [9.17, 15) is 9.90 Å². The molecule has 0 bridgehead atoms. The molecule has 4 heterocycles. The summed E-state index contributed by atoms with van der Waals surface area (Å²) >= 11 is 1.71. The lowest BCUT2D eigenvalue weighted by atomic mass is 9.91. The van der Waals surface area contributed by atoms with E-state index in [0.29, 0.717) is 12.3 Å². The fraction of sp³-hybridized carbons (Fsp3) is 0.500. The predicted molar refractivity (Wildman–Crippen MR) is 134 cm³/mol. The SMILES string of the molecule is Cc1nc(N2CCC(C(=O)N3CCCCC3CCO)CC2)c2cc(-c3ccccc3)sc2n1. The fourth-order valence-electron chi connectivity index (χ4n) is 5.31. The van der Waals surface area contributed by atoms with Gasteiger partial charge < -0.3 is 14.9 Å². The Morgan fingerprint density at radius 3 is 2.64 bits per heavy atom. The molecule has 174 valence electrons. The Labute approximate surface area is 199 Å². The summed E-state index contributed by atoms with van der Waals surface area (Å²) in [5.74, 6) is 2.15. The van der Waals surface area contributed by atoms with Gasteiger partial charge in [-0.3, -0.25) is 4.79 Å². The number of piperidine rings is 2. The maximum atomic E-state index is 13.3. The van der Waals surface area contributed by atoms with Crippen molar-refractivity contribution in [1.82, 2.24) is 14.9 Å². The lowest BCUT2D eigenvalue weighted by Crippen LogP contribution is -2.49. The van der Waals surface area contributed by atoms with Crippen LogP contribution in [0.1, 0.15) is 44.3 Å². The maximum Gasteiger partial charge on any atom is 0.226 e. The highest BCUT2D eigenvalue weighted by molar-refractivity contribution is 7.21. The first-order chi connectivity index (χ1) is 16.1. The second kappa shape index (κ2) is 9.77. The van der Waals surface area contributed by atoms with Gasteiger partial charge in [0.2, 0.25) is 5.91 Å². The number of hydrogen-bond donors (Lipinski definition) is 1. The molecule has 33 heavy (non-hydrogen) atoms. The topological polar surface area (TPSA) is 69.6 Å². The van der Waals surface area contributed by atoms with E-state index < -0.39 is 0 Å². The molecule has 7 heteroatoms. The first-order valence-corrected chi connectivity index (χ1v) is 13.0. The molecule has 0 radical (unpaired) electrons. The van der Waals surface area contributed by atoms with Crippen molar-refractivity contribution < 1.29 is 9.90 Å². The number of amides is 1. The van der Waals surface area contributed by atoms with E-state index >= 15 is 0 Å². The molecular weight excluding hydrogens is 432 g/mol. The van der Waals surface area contributed by atoms with Crippen LogP contribution in [0, 0.1) is 12.8 Å². The highest BCUT2D eigenvalue weighted by Crippen LogP contribution is 2.38. The van der Waals surface area contributed by atoms with Gasteiger partial charge in [-0.1, -0.05) is 30.3 Å². The van der Waals surface area contributed by atoms with Gasteiger partial charge in [-0.25, -0.2) is 9.97 Å². The normalized spacial score (nSPS) is 19.9. The van der Waals surface area contributed by atoms with E-state index in [4.69, 9.17) is 9.97 Å². The Morgan fingerprint density at radius 2 is 1.88 bits per heavy atom. The monoisotopic (exact) mass is 464 g/mol. The number of aromatic nitrogens is 2. The molecule has 1 amide bonds. The van der Waals surface area contributed by atoms with Crippen molar-refractivity contribution in [2.45, 2.75) is 51.5 Å². The number of benzene rings is 1. The third-order valence-electron chi connectivity index (χ3n) is 7.06. The Bertz CT molecular complexity index is 1110. The highest BCUT2D eigenvalue weighted by atomic mass is 32.1. The summed E-state index contributed by atoms with van der Waals surface area (Å²) in [7, 11) is 0. The van der Waals surface area contributed by atoms with Crippen molar-refractivity contribution >= 4 is 33.3 Å². The average Bonchev–Trinajstić information content (AvgIpc) is 3.28. The molecule has 2 aliphatic heterocycles. The minimum Gasteiger partial charge on any atom is -0.396 e. The van der Waals surface area contributed by atoms with Crippen LogP contribution in [0.2, 0.25) is 0 Å². The minimum absolute atomic E-state index is 0.0707. The van der Waals surface area contributed by atoms with Gasteiger partial charge in [-0.05, 0) is 57.1 Å². The average molecular weight is 465 g/mol. The van der Waals surface area contributed by atoms with Gasteiger partial charge in [0.15, 0.2) is 0 Å². The molecule has 2 fully saturated rings. The second-order valence-electron chi connectivity index (χ2n) is 9.24. The van der Waals surface area contributed by atoms with Crippen molar-refractivity contribution in [2.75, 3.05) is 31.1 Å². The van der Waals surface area contributed by atoms with Crippen molar-refractivity contribution in [3.05, 3.63) is 42.2 Å². The molecule has 5 rings (SSSR count). The molecule has 1 N–H and O–H groups in total. The van der Waals surface area contributed by atoms with Gasteiger partial charge in [-0.15, -0.1) is 11.3 Å². The number of aliphatic hydroxyl groups is 1. The molecular formula is C26H32N4O2S. The quantitative estimate of drug-likeness (QED) is 0.595. The number of nitrogens with zero attached hydrogens (tertiary/aromatic N) is 4. The van der Waals surface area contributed by atoms with Crippen molar-refractivity contribution in [3.8, 4) is 10.4 Å². The minimum atomic E-state index is 0.0707. The van der Waals surface area contributed by atoms with Crippen LogP contribution in [0.4, 0.5) is 5.82 Å². The number of fused-ring (bicyclic) bond motifs is 1. The zero-order chi connectivity index (χ0) is 22.8. The molecule has 1 atom stereocenters. The largest absolute Gasteiger partial charge is 0.396 e. The van der Waals surface area contributed by atoms with Crippen LogP contribution in [0.15, 0.2) is 36.4 Å². The number of rotatable bonds is 5. The van der Waals surface area contributed by atoms with E-state index in [1.54, 1.807) is 11.3 Å². The molecule has 6 nitrogen and oxygen atoms in total. The molecule has 3 aromatic rings. The van der Waals surface area contributed by atoms with Crippen LogP contribution in [0.3, 0.4) is 0 Å². The van der Waals surface area contributed by atoms with Gasteiger partial charge in [0.25, 0.3) is 0 Å². The Hall–Kier alpha value is -2.51. The number of anilines is 1. The second-order valence-corrected chi connectivity index (χ2v) is 10.3. The molecule has 2 aliphatic rings. The summed E-state index contributed by atoms with van der Waals surface area (Å²) in [5.41, 5.74) is 1.20. The van der Waals surface area contributed by atoms with E-state index in [1.807, 2.05) is 13.0 Å². The first kappa shape index (κ1) is 22.3. The highest BCUT2D eigenvalue weighted by Gasteiger charge is 2.34. The molecule has 2 aromatic heterocycles. The van der Waals surface area contributed by atoms with Gasteiger partial charge >= 0.3 is 0 Å². The van der Waals surface area contributed by atoms with Gasteiger partial charge in [0, 0.05) is 43.1 Å². The van der Waals surface area contributed by atoms with Gasteiger partial charge in [0.05, 0.1) is 5.39 Å². The number of carbonyl (C=O) groups excluding carboxylic acids is 1. The molecule has 1 unspecified atom stereocenters. The van der Waals surface area contributed by atoms with Crippen LogP contribution >= 0.6 is 11.3 Å². The molecule has 0 spiro atoms. The lowest BCUT2D eigenvalue weighted by molar-refractivity contribution is -0.140. The van der Waals surface area contributed by atoms with Gasteiger partial charge in [-0.2, -0.15) is 0 Å². The Kier molecular flexibility index (Phi) is 6.60. The van der Waals surface area contributed by atoms with Crippen molar-refractivity contribution in [1.29, 1.82) is 0 Å². The van der Waals surface area contributed by atoms with Gasteiger partial charge in [0.1, 0.15) is 16.5 Å². The Morgan fingerprint density at radius 1 is 1.09 bits per heavy atom. The summed E-state index contributed by atoms with van der Waals surface area (Å²) < 4.78 is 0. The number of hydrogen-bond acceptors (Lipinski definition) is 6. The number of aryl methyl sites for hydroxylation is 1. The summed E-state index contributed by atoms with van der Waals surface area (Å²) in [6.07, 6.45) is 5.65. The van der Waals surface area contributed by atoms with E-state index in [2.05, 4.69) is 40.1 Å². The third-order valence-corrected chi connectivity index (χ3v) is 8.14. The van der Waals surface area contributed by atoms with Crippen LogP contribution in [0.25, 0.3) is 20.7 Å². The number of aliphatic hydroxyl groups excluding tert-OH is 1. The summed E-state index contributed by atoms with van der Waals surface area (Å²) in [6, 6.07) is 12.8. The van der Waals surface area contributed by atoms with Crippen molar-refractivity contribution in [2.24, 2.45) is 5.92 Å². The third kappa shape index (κ3) is 4.62. The molecule has 0 aliphatic carbocycles. The number of carbonyl (C=O) groups is 1.